The van der Waals surface area contributed by atoms with Crippen molar-refractivity contribution in [3.8, 4) is 11.4 Å². The van der Waals surface area contributed by atoms with Crippen molar-refractivity contribution in [2.75, 3.05) is 5.73 Å². The van der Waals surface area contributed by atoms with Gasteiger partial charge in [-0.2, -0.15) is 5.10 Å². The van der Waals surface area contributed by atoms with Gasteiger partial charge in [-0.15, -0.1) is 0 Å². The van der Waals surface area contributed by atoms with Crippen LogP contribution in [0.5, 0.6) is 0 Å². The second kappa shape index (κ2) is 3.59. The number of pyridine rings is 1. The van der Waals surface area contributed by atoms with Crippen LogP contribution in [0.15, 0.2) is 36.5 Å². The van der Waals surface area contributed by atoms with Crippen LogP contribution < -0.4 is 5.73 Å². The van der Waals surface area contributed by atoms with E-state index in [9.17, 15) is 0 Å². The Labute approximate surface area is 98.5 Å². The van der Waals surface area contributed by atoms with Crippen molar-refractivity contribution in [2.24, 2.45) is 0 Å². The van der Waals surface area contributed by atoms with Crippen LogP contribution in [0.3, 0.4) is 0 Å². The molecule has 0 aliphatic heterocycles. The summed E-state index contributed by atoms with van der Waals surface area (Å²) in [5.74, 6) is 0. The fourth-order valence-electron chi connectivity index (χ4n) is 1.83. The van der Waals surface area contributed by atoms with Crippen LogP contribution in [0.2, 0.25) is 0 Å². The largest absolute Gasteiger partial charge is 0.399 e. The topological polar surface area (TPSA) is 67.6 Å². The third kappa shape index (κ3) is 1.63. The molecule has 0 saturated heterocycles. The molecule has 0 spiro atoms. The third-order valence-corrected chi connectivity index (χ3v) is 2.74. The molecule has 4 heteroatoms. The molecule has 0 atom stereocenters. The molecule has 0 unspecified atom stereocenters. The quantitative estimate of drug-likeness (QED) is 0.624. The molecule has 0 aliphatic rings. The summed E-state index contributed by atoms with van der Waals surface area (Å²) >= 11 is 0. The first kappa shape index (κ1) is 9.84. The Morgan fingerprint density at radius 1 is 1.18 bits per heavy atom. The van der Waals surface area contributed by atoms with Crippen molar-refractivity contribution in [1.82, 2.24) is 15.2 Å². The van der Waals surface area contributed by atoms with E-state index in [4.69, 9.17) is 5.73 Å². The second-order valence-electron chi connectivity index (χ2n) is 4.10. The number of benzene rings is 1. The second-order valence-corrected chi connectivity index (χ2v) is 4.10. The average Bonchev–Trinajstić information content (AvgIpc) is 2.73. The maximum Gasteiger partial charge on any atom is 0.118 e. The summed E-state index contributed by atoms with van der Waals surface area (Å²) in [5, 5.41) is 8.28. The van der Waals surface area contributed by atoms with E-state index in [1.54, 1.807) is 0 Å². The summed E-state index contributed by atoms with van der Waals surface area (Å²) in [5.41, 5.74) is 10.3. The monoisotopic (exact) mass is 224 g/mol. The van der Waals surface area contributed by atoms with E-state index in [1.165, 1.54) is 0 Å². The standard InChI is InChI=1S/C13H12N4/c1-8-2-4-12(15-7-8)13-10-6-9(14)3-5-11(10)16-17-13/h2-7H,14H2,1H3,(H,16,17). The third-order valence-electron chi connectivity index (χ3n) is 2.74. The summed E-state index contributed by atoms with van der Waals surface area (Å²) in [4.78, 5) is 4.38. The number of nitrogen functional groups attached to an aromatic ring is 1. The van der Waals surface area contributed by atoms with Gasteiger partial charge in [0.25, 0.3) is 0 Å². The minimum absolute atomic E-state index is 0.729. The van der Waals surface area contributed by atoms with Crippen molar-refractivity contribution in [1.29, 1.82) is 0 Å². The summed E-state index contributed by atoms with van der Waals surface area (Å²) in [6, 6.07) is 9.68. The van der Waals surface area contributed by atoms with Crippen LogP contribution in [0.1, 0.15) is 5.56 Å². The van der Waals surface area contributed by atoms with E-state index < -0.39 is 0 Å². The number of nitrogens with zero attached hydrogens (tertiary/aromatic N) is 2. The smallest absolute Gasteiger partial charge is 0.118 e. The highest BCUT2D eigenvalue weighted by molar-refractivity contribution is 5.93. The SMILES string of the molecule is Cc1ccc(-c2n[nH]c3ccc(N)cc23)nc1. The zero-order valence-electron chi connectivity index (χ0n) is 9.44. The number of anilines is 1. The molecule has 3 aromatic rings. The molecule has 0 amide bonds. The van der Waals surface area contributed by atoms with Crippen molar-refractivity contribution in [3.63, 3.8) is 0 Å². The molecule has 4 nitrogen and oxygen atoms in total. The number of aromatic nitrogens is 3. The van der Waals surface area contributed by atoms with Gasteiger partial charge in [-0.1, -0.05) is 6.07 Å². The Morgan fingerprint density at radius 2 is 2.06 bits per heavy atom. The molecule has 0 fully saturated rings. The predicted octanol–water partition coefficient (Wildman–Crippen LogP) is 2.52. The molecule has 0 radical (unpaired) electrons. The van der Waals surface area contributed by atoms with E-state index in [0.717, 1.165) is 33.5 Å². The van der Waals surface area contributed by atoms with Crippen molar-refractivity contribution in [2.45, 2.75) is 6.92 Å². The van der Waals surface area contributed by atoms with Gasteiger partial charge < -0.3 is 5.73 Å². The highest BCUT2D eigenvalue weighted by Crippen LogP contribution is 2.26. The maximum absolute atomic E-state index is 5.79. The van der Waals surface area contributed by atoms with Crippen LogP contribution in [0.4, 0.5) is 5.69 Å². The molecule has 0 saturated carbocycles. The van der Waals surface area contributed by atoms with Crippen molar-refractivity contribution >= 4 is 16.6 Å². The molecule has 84 valence electrons. The van der Waals surface area contributed by atoms with Crippen LogP contribution in [0.25, 0.3) is 22.3 Å². The van der Waals surface area contributed by atoms with Gasteiger partial charge in [0.2, 0.25) is 0 Å². The first-order valence-electron chi connectivity index (χ1n) is 5.41. The van der Waals surface area contributed by atoms with Gasteiger partial charge in [-0.3, -0.25) is 10.1 Å². The lowest BCUT2D eigenvalue weighted by molar-refractivity contribution is 1.11. The predicted molar refractivity (Wildman–Crippen MR) is 68.5 cm³/mol. The number of nitrogens with one attached hydrogen (secondary N) is 1. The minimum atomic E-state index is 0.729. The summed E-state index contributed by atoms with van der Waals surface area (Å²) in [6.45, 7) is 2.01. The van der Waals surface area contributed by atoms with Gasteiger partial charge in [0.15, 0.2) is 0 Å². The molecule has 3 N–H and O–H groups in total. The van der Waals surface area contributed by atoms with Gasteiger partial charge in [-0.05, 0) is 36.8 Å². The lowest BCUT2D eigenvalue weighted by Gasteiger charge is -1.98. The van der Waals surface area contributed by atoms with E-state index >= 15 is 0 Å². The Kier molecular flexibility index (Phi) is 2.08. The lowest BCUT2D eigenvalue weighted by Crippen LogP contribution is -1.86. The molecule has 2 heterocycles. The van der Waals surface area contributed by atoms with Crippen LogP contribution in [0, 0.1) is 6.92 Å². The van der Waals surface area contributed by atoms with E-state index in [2.05, 4.69) is 15.2 Å². The average molecular weight is 224 g/mol. The maximum atomic E-state index is 5.79. The number of nitrogens with two attached hydrogens (primary N) is 1. The number of H-pyrrole nitrogens is 1. The van der Waals surface area contributed by atoms with Gasteiger partial charge in [0, 0.05) is 17.3 Å². The molecule has 0 bridgehead atoms. The van der Waals surface area contributed by atoms with Gasteiger partial charge in [0.05, 0.1) is 11.2 Å². The minimum Gasteiger partial charge on any atom is -0.399 e. The zero-order chi connectivity index (χ0) is 11.8. The zero-order valence-corrected chi connectivity index (χ0v) is 9.44. The van der Waals surface area contributed by atoms with Gasteiger partial charge >= 0.3 is 0 Å². The van der Waals surface area contributed by atoms with E-state index in [-0.39, 0.29) is 0 Å². The fourth-order valence-corrected chi connectivity index (χ4v) is 1.83. The molecule has 17 heavy (non-hydrogen) atoms. The van der Waals surface area contributed by atoms with Gasteiger partial charge in [0.1, 0.15) is 5.69 Å². The number of hydrogen-bond acceptors (Lipinski definition) is 3. The number of fused-ring (bicyclic) bond motifs is 1. The normalized spacial score (nSPS) is 10.9. The Bertz CT molecular complexity index is 667. The van der Waals surface area contributed by atoms with Gasteiger partial charge in [-0.25, -0.2) is 0 Å². The first-order valence-corrected chi connectivity index (χ1v) is 5.41. The number of hydrogen-bond donors (Lipinski definition) is 2. The fraction of sp³-hybridized carbons (Fsp3) is 0.0769. The summed E-state index contributed by atoms with van der Waals surface area (Å²) < 4.78 is 0. The summed E-state index contributed by atoms with van der Waals surface area (Å²) in [6.07, 6.45) is 1.84. The Balaban J connectivity index is 2.23. The summed E-state index contributed by atoms with van der Waals surface area (Å²) in [7, 11) is 0. The van der Waals surface area contributed by atoms with Crippen molar-refractivity contribution in [3.05, 3.63) is 42.1 Å². The lowest BCUT2D eigenvalue weighted by atomic mass is 10.1. The first-order chi connectivity index (χ1) is 8.24. The molecule has 3 rings (SSSR count). The molecular formula is C13H12N4. The Hall–Kier alpha value is -2.36. The van der Waals surface area contributed by atoms with Crippen molar-refractivity contribution < 1.29 is 0 Å². The van der Waals surface area contributed by atoms with E-state index in [1.807, 2.05) is 43.5 Å². The number of rotatable bonds is 1. The molecular weight excluding hydrogens is 212 g/mol. The van der Waals surface area contributed by atoms with Crippen LogP contribution in [-0.4, -0.2) is 15.2 Å². The number of aromatic amines is 1. The highest BCUT2D eigenvalue weighted by atomic mass is 15.1. The van der Waals surface area contributed by atoms with Crippen LogP contribution >= 0.6 is 0 Å². The van der Waals surface area contributed by atoms with Crippen LogP contribution in [-0.2, 0) is 0 Å². The Morgan fingerprint density at radius 3 is 2.82 bits per heavy atom. The number of aryl methyl sites for hydroxylation is 1. The van der Waals surface area contributed by atoms with E-state index in [0.29, 0.717) is 0 Å². The highest BCUT2D eigenvalue weighted by Gasteiger charge is 2.08. The molecule has 2 aromatic heterocycles. The molecule has 0 aliphatic carbocycles. The molecule has 1 aromatic carbocycles.